The second-order valence-electron chi connectivity index (χ2n) is 3.89. The van der Waals surface area contributed by atoms with Gasteiger partial charge in [-0.25, -0.2) is 5.06 Å². The number of carbonyl (C=O) groups excluding carboxylic acids is 1. The minimum Gasteiger partial charge on any atom is -0.394 e. The molecule has 6 nitrogen and oxygen atoms in total. The number of hydrogen-bond acceptors (Lipinski definition) is 5. The van der Waals surface area contributed by atoms with E-state index in [9.17, 15) is 4.79 Å². The van der Waals surface area contributed by atoms with E-state index in [-0.39, 0.29) is 5.70 Å². The van der Waals surface area contributed by atoms with Gasteiger partial charge in [0.1, 0.15) is 5.70 Å². The van der Waals surface area contributed by atoms with Crippen LogP contribution in [0.25, 0.3) is 0 Å². The fourth-order valence-corrected chi connectivity index (χ4v) is 1.49. The van der Waals surface area contributed by atoms with E-state index in [0.29, 0.717) is 11.6 Å². The van der Waals surface area contributed by atoms with Crippen molar-refractivity contribution in [1.82, 2.24) is 9.96 Å². The maximum absolute atomic E-state index is 11.3. The molecule has 0 radical (unpaired) electrons. The number of hydrogen-bond donors (Lipinski definition) is 2. The largest absolute Gasteiger partial charge is 0.394 e. The van der Waals surface area contributed by atoms with E-state index in [1.165, 1.54) is 13.1 Å². The fraction of sp³-hybridized carbons (Fsp3) is 0.667. The Morgan fingerprint density at radius 3 is 2.72 bits per heavy atom. The predicted octanol–water partition coefficient (Wildman–Crippen LogP) is 0.479. The highest BCUT2D eigenvalue weighted by atomic mass is 16.5. The lowest BCUT2D eigenvalue weighted by Gasteiger charge is -2.13. The molecule has 1 heterocycles. The van der Waals surface area contributed by atoms with E-state index in [4.69, 9.17) is 10.9 Å². The number of likely N-dealkylation sites (N-methyl/N-ethyl adjacent to an activating group) is 1. The summed E-state index contributed by atoms with van der Waals surface area (Å²) in [6.45, 7) is 6.39. The molecule has 0 aromatic carbocycles. The van der Waals surface area contributed by atoms with E-state index >= 15 is 0 Å². The Balaban J connectivity index is 0.00000137. The molecule has 1 rings (SSSR count). The molecule has 0 aliphatic carbocycles. The highest BCUT2D eigenvalue weighted by Crippen LogP contribution is 2.00. The standard InChI is InChI=1S/C10H18N4O2.C2H6/c1-13-5-3-4-12-8(7-13)6-9(11)10(15)14(2)16;1-2/h6,16H,3-5,7,11H2,1-2H3;1-2H3/b9-6-;. The second kappa shape index (κ2) is 8.66. The number of amides is 1. The topological polar surface area (TPSA) is 82.2 Å². The summed E-state index contributed by atoms with van der Waals surface area (Å²) in [7, 11) is 3.23. The monoisotopic (exact) mass is 256 g/mol. The van der Waals surface area contributed by atoms with Crippen LogP contribution >= 0.6 is 0 Å². The lowest BCUT2D eigenvalue weighted by Crippen LogP contribution is -2.30. The van der Waals surface area contributed by atoms with Gasteiger partial charge in [-0.2, -0.15) is 0 Å². The average molecular weight is 256 g/mol. The van der Waals surface area contributed by atoms with E-state index in [0.717, 1.165) is 25.2 Å². The van der Waals surface area contributed by atoms with E-state index < -0.39 is 5.91 Å². The first-order chi connectivity index (χ1) is 8.50. The molecule has 1 aliphatic rings. The molecule has 0 spiro atoms. The minimum atomic E-state index is -0.616. The molecule has 1 aliphatic heterocycles. The molecule has 1 amide bonds. The van der Waals surface area contributed by atoms with Crippen LogP contribution in [0.3, 0.4) is 0 Å². The first-order valence-electron chi connectivity index (χ1n) is 6.16. The SMILES string of the molecule is CC.CN1CCCN=C(/C=C(\N)C(=O)N(C)O)C1. The predicted molar refractivity (Wildman–Crippen MR) is 72.6 cm³/mol. The fourth-order valence-electron chi connectivity index (χ4n) is 1.49. The summed E-state index contributed by atoms with van der Waals surface area (Å²) in [5, 5.41) is 9.41. The van der Waals surface area contributed by atoms with E-state index in [2.05, 4.69) is 9.89 Å². The maximum Gasteiger partial charge on any atom is 0.292 e. The van der Waals surface area contributed by atoms with Crippen LogP contribution in [0, 0.1) is 0 Å². The zero-order chi connectivity index (χ0) is 14.1. The van der Waals surface area contributed by atoms with Crippen LogP contribution in [-0.4, -0.2) is 60.5 Å². The highest BCUT2D eigenvalue weighted by molar-refractivity contribution is 6.04. The summed E-state index contributed by atoms with van der Waals surface area (Å²) in [5.74, 6) is -0.616. The minimum absolute atomic E-state index is 0.000880. The Labute approximate surface area is 109 Å². The molecule has 0 atom stereocenters. The molecule has 0 bridgehead atoms. The molecule has 0 saturated carbocycles. The Morgan fingerprint density at radius 2 is 2.17 bits per heavy atom. The van der Waals surface area contributed by atoms with Crippen LogP contribution in [0.2, 0.25) is 0 Å². The zero-order valence-electron chi connectivity index (χ0n) is 11.7. The number of hydroxylamine groups is 2. The summed E-state index contributed by atoms with van der Waals surface area (Å²) in [6, 6.07) is 0. The van der Waals surface area contributed by atoms with Gasteiger partial charge in [0, 0.05) is 26.7 Å². The second-order valence-corrected chi connectivity index (χ2v) is 3.89. The Bertz CT molecular complexity index is 324. The van der Waals surface area contributed by atoms with Gasteiger partial charge in [-0.3, -0.25) is 15.0 Å². The zero-order valence-corrected chi connectivity index (χ0v) is 11.7. The van der Waals surface area contributed by atoms with Crippen LogP contribution < -0.4 is 5.73 Å². The van der Waals surface area contributed by atoms with E-state index in [1.54, 1.807) is 0 Å². The normalized spacial score (nSPS) is 17.2. The molecule has 0 unspecified atom stereocenters. The molecular formula is C12H24N4O2. The number of rotatable bonds is 2. The summed E-state index contributed by atoms with van der Waals surface area (Å²) >= 11 is 0. The number of aliphatic imine (C=N–C) groups is 1. The molecule has 104 valence electrons. The molecule has 3 N–H and O–H groups in total. The summed E-state index contributed by atoms with van der Waals surface area (Å²) in [4.78, 5) is 17.7. The third-order valence-corrected chi connectivity index (χ3v) is 2.31. The molecule has 0 aromatic heterocycles. The van der Waals surface area contributed by atoms with Crippen LogP contribution in [-0.2, 0) is 4.79 Å². The van der Waals surface area contributed by atoms with Crippen molar-refractivity contribution < 1.29 is 10.0 Å². The molecule has 0 fully saturated rings. The maximum atomic E-state index is 11.3. The molecular weight excluding hydrogens is 232 g/mol. The Kier molecular flexibility index (Phi) is 7.98. The van der Waals surface area contributed by atoms with Crippen LogP contribution in [0.5, 0.6) is 0 Å². The Morgan fingerprint density at radius 1 is 1.56 bits per heavy atom. The summed E-state index contributed by atoms with van der Waals surface area (Å²) < 4.78 is 0. The first-order valence-corrected chi connectivity index (χ1v) is 6.16. The smallest absolute Gasteiger partial charge is 0.292 e. The van der Waals surface area contributed by atoms with E-state index in [1.807, 2.05) is 20.9 Å². The lowest BCUT2D eigenvalue weighted by atomic mass is 10.2. The van der Waals surface area contributed by atoms with Crippen molar-refractivity contribution in [3.63, 3.8) is 0 Å². The average Bonchev–Trinajstić information content (AvgIpc) is 2.55. The van der Waals surface area contributed by atoms with Crippen molar-refractivity contribution in [2.24, 2.45) is 10.7 Å². The first kappa shape index (κ1) is 16.6. The van der Waals surface area contributed by atoms with Gasteiger partial charge in [0.15, 0.2) is 0 Å². The van der Waals surface area contributed by atoms with Gasteiger partial charge in [-0.1, -0.05) is 13.8 Å². The third kappa shape index (κ3) is 5.79. The van der Waals surface area contributed by atoms with Gasteiger partial charge < -0.3 is 10.6 Å². The van der Waals surface area contributed by atoms with Gasteiger partial charge in [0.25, 0.3) is 5.91 Å². The van der Waals surface area contributed by atoms with Gasteiger partial charge >= 0.3 is 0 Å². The highest BCUT2D eigenvalue weighted by Gasteiger charge is 2.12. The van der Waals surface area contributed by atoms with Gasteiger partial charge in [0.2, 0.25) is 0 Å². The summed E-state index contributed by atoms with van der Waals surface area (Å²) in [6.07, 6.45) is 2.53. The van der Waals surface area contributed by atoms with Gasteiger partial charge in [-0.05, 0) is 19.5 Å². The summed E-state index contributed by atoms with van der Waals surface area (Å²) in [5.41, 5.74) is 6.33. The lowest BCUT2D eigenvalue weighted by molar-refractivity contribution is -0.154. The number of nitrogens with zero attached hydrogens (tertiary/aromatic N) is 3. The third-order valence-electron chi connectivity index (χ3n) is 2.31. The molecule has 18 heavy (non-hydrogen) atoms. The molecule has 0 aromatic rings. The van der Waals surface area contributed by atoms with Gasteiger partial charge in [-0.15, -0.1) is 0 Å². The van der Waals surface area contributed by atoms with Crippen LogP contribution in [0.15, 0.2) is 16.8 Å². The van der Waals surface area contributed by atoms with Crippen molar-refractivity contribution in [2.75, 3.05) is 33.7 Å². The number of nitrogens with two attached hydrogens (primary N) is 1. The van der Waals surface area contributed by atoms with Crippen molar-refractivity contribution in [3.05, 3.63) is 11.8 Å². The van der Waals surface area contributed by atoms with Crippen LogP contribution in [0.4, 0.5) is 0 Å². The van der Waals surface area contributed by atoms with Crippen molar-refractivity contribution in [1.29, 1.82) is 0 Å². The molecule has 6 heteroatoms. The Hall–Kier alpha value is -1.40. The van der Waals surface area contributed by atoms with Crippen molar-refractivity contribution in [3.8, 4) is 0 Å². The van der Waals surface area contributed by atoms with Crippen molar-refractivity contribution in [2.45, 2.75) is 20.3 Å². The van der Waals surface area contributed by atoms with Crippen LogP contribution in [0.1, 0.15) is 20.3 Å². The number of carbonyl (C=O) groups is 1. The van der Waals surface area contributed by atoms with Crippen molar-refractivity contribution >= 4 is 11.6 Å². The molecule has 0 saturated heterocycles. The van der Waals surface area contributed by atoms with Gasteiger partial charge in [0.05, 0.1) is 5.71 Å². The quantitative estimate of drug-likeness (QED) is 0.428.